The van der Waals surface area contributed by atoms with Crippen molar-refractivity contribution in [3.63, 3.8) is 0 Å². The van der Waals surface area contributed by atoms with Gasteiger partial charge in [-0.15, -0.1) is 0 Å². The number of rotatable bonds is 9. The van der Waals surface area contributed by atoms with Gasteiger partial charge in [0.05, 0.1) is 24.4 Å². The molecule has 1 saturated heterocycles. The number of Topliss-reactive ketones (excluding diaryl/α,β-unsaturated/α-hetero) is 1. The number of aliphatic hydroxyl groups is 1. The minimum atomic E-state index is -1.09. The van der Waals surface area contributed by atoms with E-state index < -0.39 is 23.7 Å². The molecule has 9 nitrogen and oxygen atoms in total. The van der Waals surface area contributed by atoms with Crippen molar-refractivity contribution < 1.29 is 33.7 Å². The van der Waals surface area contributed by atoms with E-state index in [1.165, 1.54) is 18.1 Å². The van der Waals surface area contributed by atoms with Crippen molar-refractivity contribution in [1.29, 1.82) is 0 Å². The lowest BCUT2D eigenvalue weighted by atomic mass is 9.95. The molecular weight excluding hydrogens is 556 g/mol. The normalized spacial score (nSPS) is 15.9. The second-order valence-electron chi connectivity index (χ2n) is 9.19. The first-order chi connectivity index (χ1) is 20.3. The number of anilines is 1. The Bertz CT molecular complexity index is 1710. The van der Waals surface area contributed by atoms with Crippen molar-refractivity contribution in [2.24, 2.45) is 0 Å². The summed E-state index contributed by atoms with van der Waals surface area (Å²) in [5, 5.41) is 11.6. The lowest BCUT2D eigenvalue weighted by Crippen LogP contribution is -2.29. The first kappa shape index (κ1) is 28.3. The molecule has 212 valence electrons. The van der Waals surface area contributed by atoms with Crippen molar-refractivity contribution in [2.75, 3.05) is 18.6 Å². The Morgan fingerprint density at radius 3 is 2.48 bits per heavy atom. The van der Waals surface area contributed by atoms with Crippen LogP contribution in [-0.4, -0.2) is 41.5 Å². The van der Waals surface area contributed by atoms with E-state index in [-0.39, 0.29) is 33.5 Å². The second-order valence-corrected chi connectivity index (χ2v) is 10.2. The van der Waals surface area contributed by atoms with Gasteiger partial charge in [0, 0.05) is 5.56 Å². The molecule has 42 heavy (non-hydrogen) atoms. The van der Waals surface area contributed by atoms with Gasteiger partial charge in [-0.1, -0.05) is 66.5 Å². The summed E-state index contributed by atoms with van der Waals surface area (Å²) in [6.07, 6.45) is 1.44. The molecule has 1 amide bonds. The number of aliphatic hydroxyl groups excluding tert-OH is 1. The highest BCUT2D eigenvalue weighted by Crippen LogP contribution is 2.45. The number of thiazole rings is 1. The molecule has 1 aliphatic rings. The van der Waals surface area contributed by atoms with Crippen LogP contribution in [0.4, 0.5) is 5.13 Å². The number of hydrogen-bond acceptors (Lipinski definition) is 9. The highest BCUT2D eigenvalue weighted by molar-refractivity contribution is 7.17. The predicted molar refractivity (Wildman–Crippen MR) is 158 cm³/mol. The number of aromatic nitrogens is 1. The molecule has 10 heteroatoms. The molecule has 0 aliphatic carbocycles. The quantitative estimate of drug-likeness (QED) is 0.0813. The average molecular weight is 583 g/mol. The fourth-order valence-corrected chi connectivity index (χ4v) is 5.51. The van der Waals surface area contributed by atoms with Crippen LogP contribution in [0.3, 0.4) is 0 Å². The number of esters is 1. The van der Waals surface area contributed by atoms with Crippen LogP contribution < -0.4 is 14.4 Å². The van der Waals surface area contributed by atoms with Gasteiger partial charge in [0.25, 0.3) is 5.78 Å². The predicted octanol–water partition coefficient (Wildman–Crippen LogP) is 6.22. The van der Waals surface area contributed by atoms with Crippen molar-refractivity contribution >= 4 is 39.9 Å². The van der Waals surface area contributed by atoms with Gasteiger partial charge in [-0.25, -0.2) is 9.78 Å². The molecule has 3 aromatic carbocycles. The Labute approximate surface area is 245 Å². The maximum absolute atomic E-state index is 13.6. The Morgan fingerprint density at radius 1 is 1.02 bits per heavy atom. The Kier molecular flexibility index (Phi) is 8.16. The van der Waals surface area contributed by atoms with Crippen LogP contribution in [0.15, 0.2) is 97.1 Å². The maximum atomic E-state index is 13.6. The van der Waals surface area contributed by atoms with Crippen LogP contribution in [0, 0.1) is 6.92 Å². The third kappa shape index (κ3) is 5.52. The molecule has 1 atom stereocenters. The number of amides is 1. The highest BCUT2D eigenvalue weighted by Gasteiger charge is 2.48. The molecule has 1 fully saturated rings. The maximum Gasteiger partial charge on any atom is 0.350 e. The van der Waals surface area contributed by atoms with Crippen molar-refractivity contribution in [1.82, 2.24) is 4.98 Å². The van der Waals surface area contributed by atoms with Gasteiger partial charge in [-0.05, 0) is 48.9 Å². The van der Waals surface area contributed by atoms with Crippen LogP contribution in [0.5, 0.6) is 17.2 Å². The van der Waals surface area contributed by atoms with Crippen LogP contribution in [0.2, 0.25) is 0 Å². The number of hydrogen-bond donors (Lipinski definition) is 1. The van der Waals surface area contributed by atoms with E-state index in [1.54, 1.807) is 67.6 Å². The number of para-hydroxylation sites is 1. The summed E-state index contributed by atoms with van der Waals surface area (Å²) in [4.78, 5) is 45.7. The summed E-state index contributed by atoms with van der Waals surface area (Å²) in [6.45, 7) is 5.16. The second kappa shape index (κ2) is 12.1. The molecule has 1 unspecified atom stereocenters. The summed E-state index contributed by atoms with van der Waals surface area (Å²) in [7, 11) is 1.48. The van der Waals surface area contributed by atoms with Gasteiger partial charge in [0.2, 0.25) is 0 Å². The lowest BCUT2D eigenvalue weighted by Gasteiger charge is -2.23. The summed E-state index contributed by atoms with van der Waals surface area (Å²) >= 11 is 0.919. The topological polar surface area (TPSA) is 115 Å². The third-order valence-electron chi connectivity index (χ3n) is 6.45. The van der Waals surface area contributed by atoms with E-state index >= 15 is 0 Å². The summed E-state index contributed by atoms with van der Waals surface area (Å²) in [5.74, 6) is -1.31. The molecule has 1 aromatic heterocycles. The first-order valence-electron chi connectivity index (χ1n) is 12.9. The number of ether oxygens (including phenoxy) is 3. The van der Waals surface area contributed by atoms with Crippen LogP contribution in [0.1, 0.15) is 32.5 Å². The van der Waals surface area contributed by atoms with Gasteiger partial charge >= 0.3 is 11.9 Å². The van der Waals surface area contributed by atoms with E-state index in [0.717, 1.165) is 11.3 Å². The molecule has 0 radical (unpaired) electrons. The van der Waals surface area contributed by atoms with Gasteiger partial charge in [-0.2, -0.15) is 0 Å². The zero-order valence-electron chi connectivity index (χ0n) is 22.8. The average Bonchev–Trinajstić information content (AvgIpc) is 3.52. The monoisotopic (exact) mass is 582 g/mol. The molecular formula is C32H26N2O7S. The molecule has 1 N–H and O–H groups in total. The minimum Gasteiger partial charge on any atom is -0.507 e. The third-order valence-corrected chi connectivity index (χ3v) is 7.59. The Morgan fingerprint density at radius 2 is 1.74 bits per heavy atom. The Balaban J connectivity index is 1.66. The van der Waals surface area contributed by atoms with Gasteiger partial charge in [0.1, 0.15) is 34.5 Å². The smallest absolute Gasteiger partial charge is 0.350 e. The largest absolute Gasteiger partial charge is 0.507 e. The van der Waals surface area contributed by atoms with Crippen LogP contribution in [-0.2, 0) is 14.3 Å². The van der Waals surface area contributed by atoms with Crippen LogP contribution in [0.25, 0.3) is 5.76 Å². The number of benzene rings is 3. The number of methoxy groups -OCH3 is 1. The highest BCUT2D eigenvalue weighted by atomic mass is 32.1. The van der Waals surface area contributed by atoms with Gasteiger partial charge in [-0.3, -0.25) is 14.5 Å². The molecule has 4 aromatic rings. The number of aryl methyl sites for hydroxylation is 1. The fraction of sp³-hybridized carbons (Fsp3) is 0.125. The summed E-state index contributed by atoms with van der Waals surface area (Å²) in [6, 6.07) is 21.5. The molecule has 5 rings (SSSR count). The number of ketones is 1. The number of nitrogens with zero attached hydrogens (tertiary/aromatic N) is 2. The van der Waals surface area contributed by atoms with Gasteiger partial charge < -0.3 is 19.3 Å². The molecule has 1 aliphatic heterocycles. The minimum absolute atomic E-state index is 0.00473. The summed E-state index contributed by atoms with van der Waals surface area (Å²) < 4.78 is 16.5. The van der Waals surface area contributed by atoms with E-state index in [2.05, 4.69) is 11.6 Å². The van der Waals surface area contributed by atoms with E-state index in [4.69, 9.17) is 14.2 Å². The zero-order valence-corrected chi connectivity index (χ0v) is 23.6. The number of carbonyl (C=O) groups excluding carboxylic acids is 3. The summed E-state index contributed by atoms with van der Waals surface area (Å²) in [5.41, 5.74) is 0.959. The Hall–Kier alpha value is -5.22. The molecule has 0 bridgehead atoms. The SMILES string of the molecule is C=CCOC(=O)c1sc(N2C(=O)C(=O)/C(=C(/O)c3cccc(OC)c3)C2c2cccc(Oc3ccccc3)c2)nc1C. The molecule has 0 saturated carbocycles. The van der Waals surface area contributed by atoms with Crippen LogP contribution >= 0.6 is 11.3 Å². The first-order valence-corrected chi connectivity index (χ1v) is 13.7. The van der Waals surface area contributed by atoms with E-state index in [9.17, 15) is 19.5 Å². The van der Waals surface area contributed by atoms with E-state index in [0.29, 0.717) is 28.5 Å². The van der Waals surface area contributed by atoms with Crippen molar-refractivity contribution in [3.05, 3.63) is 119 Å². The lowest BCUT2D eigenvalue weighted by molar-refractivity contribution is -0.132. The van der Waals surface area contributed by atoms with Crippen molar-refractivity contribution in [2.45, 2.75) is 13.0 Å². The standard InChI is InChI=1S/C32H26N2O7S/c1-4-16-40-31(38)29-19(2)33-32(42-29)34-26(20-10-8-15-24(17-20)41-22-12-6-5-7-13-22)25(28(36)30(34)37)27(35)21-11-9-14-23(18-21)39-3/h4-15,17-18,26,35H,1,16H2,2-3H3/b27-25+. The fourth-order valence-electron chi connectivity index (χ4n) is 4.52. The molecule has 0 spiro atoms. The molecule has 2 heterocycles. The van der Waals surface area contributed by atoms with E-state index in [1.807, 2.05) is 18.2 Å². The van der Waals surface area contributed by atoms with Crippen molar-refractivity contribution in [3.8, 4) is 17.2 Å². The van der Waals surface area contributed by atoms with Gasteiger partial charge in [0.15, 0.2) is 5.13 Å². The zero-order chi connectivity index (χ0) is 29.8. The number of carbonyl (C=O) groups is 3.